The first-order valence-electron chi connectivity index (χ1n) is 10.2. The van der Waals surface area contributed by atoms with Crippen LogP contribution in [0.1, 0.15) is 32.1 Å². The summed E-state index contributed by atoms with van der Waals surface area (Å²) < 4.78 is 1.12. The van der Waals surface area contributed by atoms with E-state index in [1.807, 2.05) is 47.4 Å². The molecule has 2 amide bonds. The van der Waals surface area contributed by atoms with Gasteiger partial charge in [0.05, 0.1) is 21.8 Å². The summed E-state index contributed by atoms with van der Waals surface area (Å²) in [5, 5.41) is 3.96. The first-order valence-corrected chi connectivity index (χ1v) is 11.1. The number of nitrogens with one attached hydrogen (secondary N) is 1. The van der Waals surface area contributed by atoms with E-state index in [9.17, 15) is 9.59 Å². The van der Waals surface area contributed by atoms with Crippen molar-refractivity contribution in [3.05, 3.63) is 48.5 Å². The molecule has 3 aromatic rings. The molecule has 148 valence electrons. The number of anilines is 1. The van der Waals surface area contributed by atoms with Gasteiger partial charge < -0.3 is 10.2 Å². The van der Waals surface area contributed by atoms with Crippen LogP contribution in [0.2, 0.25) is 0 Å². The van der Waals surface area contributed by atoms with E-state index in [0.717, 1.165) is 39.3 Å². The van der Waals surface area contributed by atoms with Gasteiger partial charge in [0, 0.05) is 24.6 Å². The van der Waals surface area contributed by atoms with E-state index in [1.165, 1.54) is 12.8 Å². The number of rotatable bonds is 4. The zero-order chi connectivity index (χ0) is 19.8. The Labute approximate surface area is 173 Å². The number of nitrogens with zero attached hydrogens (tertiary/aromatic N) is 2. The molecule has 0 spiro atoms. The van der Waals surface area contributed by atoms with Crippen LogP contribution in [-0.2, 0) is 9.59 Å². The molecule has 2 aromatic carbocycles. The molecule has 1 saturated heterocycles. The van der Waals surface area contributed by atoms with Crippen LogP contribution in [-0.4, -0.2) is 34.3 Å². The smallest absolute Gasteiger partial charge is 0.229 e. The number of fused-ring (bicyclic) bond motifs is 1. The number of carbonyl (C=O) groups excluding carboxylic acids is 2. The van der Waals surface area contributed by atoms with Crippen molar-refractivity contribution in [3.8, 4) is 10.6 Å². The van der Waals surface area contributed by atoms with Gasteiger partial charge in [-0.05, 0) is 37.1 Å². The Morgan fingerprint density at radius 2 is 1.83 bits per heavy atom. The predicted octanol–water partition coefficient (Wildman–Crippen LogP) is 4.69. The molecule has 1 aliphatic heterocycles. The van der Waals surface area contributed by atoms with Crippen molar-refractivity contribution in [2.75, 3.05) is 11.9 Å². The molecule has 0 bridgehead atoms. The Morgan fingerprint density at radius 3 is 2.66 bits per heavy atom. The van der Waals surface area contributed by atoms with Crippen molar-refractivity contribution in [3.63, 3.8) is 0 Å². The molecule has 1 atom stereocenters. The van der Waals surface area contributed by atoms with Crippen LogP contribution in [0.15, 0.2) is 48.5 Å². The molecular formula is C23H23N3O2S. The average molecular weight is 406 g/mol. The Bertz CT molecular complexity index is 1040. The highest BCUT2D eigenvalue weighted by atomic mass is 32.1. The molecule has 1 aliphatic carbocycles. The molecule has 2 heterocycles. The summed E-state index contributed by atoms with van der Waals surface area (Å²) in [6.07, 6.45) is 4.81. The highest BCUT2D eigenvalue weighted by Gasteiger charge is 2.38. The molecule has 0 radical (unpaired) electrons. The number of hydrogen-bond donors (Lipinski definition) is 1. The monoisotopic (exact) mass is 405 g/mol. The van der Waals surface area contributed by atoms with E-state index in [2.05, 4.69) is 11.4 Å². The lowest BCUT2D eigenvalue weighted by Gasteiger charge is -2.24. The molecule has 0 unspecified atom stereocenters. The fourth-order valence-electron chi connectivity index (χ4n) is 4.48. The maximum Gasteiger partial charge on any atom is 0.229 e. The minimum absolute atomic E-state index is 0.0765. The quantitative estimate of drug-likeness (QED) is 0.685. The third kappa shape index (κ3) is 3.53. The molecule has 2 aliphatic rings. The van der Waals surface area contributed by atoms with Crippen molar-refractivity contribution in [1.29, 1.82) is 0 Å². The second-order valence-electron chi connectivity index (χ2n) is 7.91. The van der Waals surface area contributed by atoms with E-state index < -0.39 is 0 Å². The number of para-hydroxylation sites is 2. The minimum Gasteiger partial charge on any atom is -0.339 e. The van der Waals surface area contributed by atoms with Gasteiger partial charge in [0.25, 0.3) is 0 Å². The Balaban J connectivity index is 1.36. The lowest BCUT2D eigenvalue weighted by atomic mass is 10.1. The van der Waals surface area contributed by atoms with E-state index in [-0.39, 0.29) is 17.7 Å². The van der Waals surface area contributed by atoms with Gasteiger partial charge in [-0.3, -0.25) is 9.59 Å². The van der Waals surface area contributed by atoms with Gasteiger partial charge in [0.15, 0.2) is 0 Å². The van der Waals surface area contributed by atoms with Crippen molar-refractivity contribution < 1.29 is 9.59 Å². The molecule has 6 heteroatoms. The molecule has 1 saturated carbocycles. The van der Waals surface area contributed by atoms with Crippen LogP contribution in [0.3, 0.4) is 0 Å². The van der Waals surface area contributed by atoms with E-state index >= 15 is 0 Å². The SMILES string of the molecule is O=C(Nc1ccccc1-c1nc2ccccc2s1)[C@@H]1CC(=O)N(C2CCCC2)C1. The van der Waals surface area contributed by atoms with Crippen LogP contribution >= 0.6 is 11.3 Å². The standard InChI is InChI=1S/C23H23N3O2S/c27-21-13-15(14-26(21)16-7-1-2-8-16)22(28)24-18-10-4-3-9-17(18)23-25-19-11-5-6-12-20(19)29-23/h3-6,9-12,15-16H,1-2,7-8,13-14H2,(H,24,28)/t15-/m1/s1. The van der Waals surface area contributed by atoms with Crippen LogP contribution in [0, 0.1) is 5.92 Å². The van der Waals surface area contributed by atoms with Crippen LogP contribution in [0.5, 0.6) is 0 Å². The lowest BCUT2D eigenvalue weighted by Crippen LogP contribution is -2.35. The number of hydrogen-bond acceptors (Lipinski definition) is 4. The average Bonchev–Trinajstić information content (AvgIpc) is 3.47. The number of aromatic nitrogens is 1. The Hall–Kier alpha value is -2.73. The summed E-state index contributed by atoms with van der Waals surface area (Å²) in [5.74, 6) is -0.240. The predicted molar refractivity (Wildman–Crippen MR) is 116 cm³/mol. The van der Waals surface area contributed by atoms with Crippen LogP contribution in [0.4, 0.5) is 5.69 Å². The summed E-state index contributed by atoms with van der Waals surface area (Å²) >= 11 is 1.62. The maximum atomic E-state index is 13.0. The van der Waals surface area contributed by atoms with Gasteiger partial charge in [-0.1, -0.05) is 37.1 Å². The summed E-state index contributed by atoms with van der Waals surface area (Å²) in [4.78, 5) is 32.1. The number of thiazole rings is 1. The molecule has 5 nitrogen and oxygen atoms in total. The van der Waals surface area contributed by atoms with Crippen LogP contribution < -0.4 is 5.32 Å². The zero-order valence-corrected chi connectivity index (χ0v) is 17.0. The summed E-state index contributed by atoms with van der Waals surface area (Å²) in [5.41, 5.74) is 2.63. The van der Waals surface area contributed by atoms with Crippen molar-refractivity contribution in [1.82, 2.24) is 9.88 Å². The van der Waals surface area contributed by atoms with Gasteiger partial charge in [-0.2, -0.15) is 0 Å². The largest absolute Gasteiger partial charge is 0.339 e. The molecule has 1 N–H and O–H groups in total. The first-order chi connectivity index (χ1) is 14.2. The topological polar surface area (TPSA) is 62.3 Å². The summed E-state index contributed by atoms with van der Waals surface area (Å²) in [6, 6.07) is 16.1. The second kappa shape index (κ2) is 7.59. The minimum atomic E-state index is -0.286. The van der Waals surface area contributed by atoms with Crippen LogP contribution in [0.25, 0.3) is 20.8 Å². The number of benzene rings is 2. The second-order valence-corrected chi connectivity index (χ2v) is 8.94. The number of amides is 2. The highest BCUT2D eigenvalue weighted by molar-refractivity contribution is 7.21. The molecule has 5 rings (SSSR count). The lowest BCUT2D eigenvalue weighted by molar-refractivity contribution is -0.129. The summed E-state index contributed by atoms with van der Waals surface area (Å²) in [6.45, 7) is 0.540. The summed E-state index contributed by atoms with van der Waals surface area (Å²) in [7, 11) is 0. The normalized spacial score (nSPS) is 19.9. The third-order valence-electron chi connectivity index (χ3n) is 6.00. The maximum absolute atomic E-state index is 13.0. The molecule has 1 aromatic heterocycles. The van der Waals surface area contributed by atoms with Crippen molar-refractivity contribution >= 4 is 39.1 Å². The van der Waals surface area contributed by atoms with Crippen molar-refractivity contribution in [2.24, 2.45) is 5.92 Å². The number of likely N-dealkylation sites (tertiary alicyclic amines) is 1. The zero-order valence-electron chi connectivity index (χ0n) is 16.1. The highest BCUT2D eigenvalue weighted by Crippen LogP contribution is 2.35. The first kappa shape index (κ1) is 18.3. The van der Waals surface area contributed by atoms with Gasteiger partial charge in [-0.25, -0.2) is 4.98 Å². The van der Waals surface area contributed by atoms with Gasteiger partial charge >= 0.3 is 0 Å². The molecular weight excluding hydrogens is 382 g/mol. The van der Waals surface area contributed by atoms with Gasteiger partial charge in [0.1, 0.15) is 5.01 Å². The third-order valence-corrected chi connectivity index (χ3v) is 7.07. The van der Waals surface area contributed by atoms with E-state index in [0.29, 0.717) is 19.0 Å². The fourth-order valence-corrected chi connectivity index (χ4v) is 5.48. The Morgan fingerprint density at radius 1 is 1.07 bits per heavy atom. The number of carbonyl (C=O) groups is 2. The Kier molecular flexibility index (Phi) is 4.79. The fraction of sp³-hybridized carbons (Fsp3) is 0.348. The van der Waals surface area contributed by atoms with E-state index in [4.69, 9.17) is 4.98 Å². The van der Waals surface area contributed by atoms with Gasteiger partial charge in [0.2, 0.25) is 11.8 Å². The molecule has 2 fully saturated rings. The van der Waals surface area contributed by atoms with Crippen molar-refractivity contribution in [2.45, 2.75) is 38.1 Å². The molecule has 29 heavy (non-hydrogen) atoms. The van der Waals surface area contributed by atoms with E-state index in [1.54, 1.807) is 11.3 Å². The van der Waals surface area contributed by atoms with Gasteiger partial charge in [-0.15, -0.1) is 11.3 Å².